The lowest BCUT2D eigenvalue weighted by Crippen LogP contribution is -2.45. The zero-order valence-corrected chi connectivity index (χ0v) is 12.5. The molecule has 0 bridgehead atoms. The summed E-state index contributed by atoms with van der Waals surface area (Å²) in [6.07, 6.45) is 2.45. The summed E-state index contributed by atoms with van der Waals surface area (Å²) in [7, 11) is 0. The Morgan fingerprint density at radius 2 is 1.91 bits per heavy atom. The smallest absolute Gasteiger partial charge is 0.346 e. The Labute approximate surface area is 128 Å². The van der Waals surface area contributed by atoms with Crippen LogP contribution in [0.15, 0.2) is 24.3 Å². The zero-order valence-electron chi connectivity index (χ0n) is 12.5. The number of halogens is 1. The summed E-state index contributed by atoms with van der Waals surface area (Å²) >= 11 is 0. The van der Waals surface area contributed by atoms with Crippen molar-refractivity contribution in [2.45, 2.75) is 38.7 Å². The van der Waals surface area contributed by atoms with Gasteiger partial charge in [-0.1, -0.05) is 19.8 Å². The summed E-state index contributed by atoms with van der Waals surface area (Å²) in [5, 5.41) is 11.8. The van der Waals surface area contributed by atoms with Crippen LogP contribution in [0.5, 0.6) is 5.75 Å². The van der Waals surface area contributed by atoms with Crippen molar-refractivity contribution in [2.75, 3.05) is 6.54 Å². The lowest BCUT2D eigenvalue weighted by Gasteiger charge is -2.23. The van der Waals surface area contributed by atoms with Crippen molar-refractivity contribution in [3.05, 3.63) is 30.1 Å². The minimum Gasteiger partial charge on any atom is -0.478 e. The molecule has 0 radical (unpaired) electrons. The van der Waals surface area contributed by atoms with Crippen molar-refractivity contribution in [1.29, 1.82) is 0 Å². The molecule has 1 aliphatic rings. The van der Waals surface area contributed by atoms with E-state index in [0.717, 1.165) is 25.7 Å². The zero-order chi connectivity index (χ0) is 16.2. The van der Waals surface area contributed by atoms with Gasteiger partial charge in [0.05, 0.1) is 6.54 Å². The maximum Gasteiger partial charge on any atom is 0.346 e. The SMILES string of the molecule is CC1(C(=O)NCC(Oc2ccc(F)cc2)C(=O)O)CCCC1. The summed E-state index contributed by atoms with van der Waals surface area (Å²) in [5.74, 6) is -1.50. The third-order valence-electron chi connectivity index (χ3n) is 4.07. The van der Waals surface area contributed by atoms with Gasteiger partial charge in [-0.05, 0) is 37.1 Å². The molecular weight excluding hydrogens is 289 g/mol. The first-order valence-corrected chi connectivity index (χ1v) is 7.34. The predicted octanol–water partition coefficient (Wildman–Crippen LogP) is 2.35. The van der Waals surface area contributed by atoms with Crippen molar-refractivity contribution < 1.29 is 23.8 Å². The van der Waals surface area contributed by atoms with Gasteiger partial charge in [0, 0.05) is 5.41 Å². The Balaban J connectivity index is 1.93. The maximum absolute atomic E-state index is 12.8. The molecule has 0 aromatic heterocycles. The molecule has 5 nitrogen and oxygen atoms in total. The van der Waals surface area contributed by atoms with Crippen LogP contribution in [0.4, 0.5) is 4.39 Å². The first-order valence-electron chi connectivity index (χ1n) is 7.34. The fraction of sp³-hybridized carbons (Fsp3) is 0.500. The molecule has 22 heavy (non-hydrogen) atoms. The normalized spacial score (nSPS) is 17.7. The second kappa shape index (κ2) is 6.77. The van der Waals surface area contributed by atoms with Gasteiger partial charge in [-0.3, -0.25) is 4.79 Å². The molecule has 1 atom stereocenters. The van der Waals surface area contributed by atoms with E-state index in [1.165, 1.54) is 24.3 Å². The van der Waals surface area contributed by atoms with E-state index in [9.17, 15) is 19.1 Å². The molecule has 0 saturated heterocycles. The first kappa shape index (κ1) is 16.3. The monoisotopic (exact) mass is 309 g/mol. The molecule has 1 unspecified atom stereocenters. The minimum atomic E-state index is -1.21. The van der Waals surface area contributed by atoms with Crippen molar-refractivity contribution in [1.82, 2.24) is 5.32 Å². The number of carbonyl (C=O) groups is 2. The highest BCUT2D eigenvalue weighted by Crippen LogP contribution is 2.37. The number of carboxylic acids is 1. The van der Waals surface area contributed by atoms with Gasteiger partial charge in [0.15, 0.2) is 0 Å². The van der Waals surface area contributed by atoms with Gasteiger partial charge in [0.25, 0.3) is 0 Å². The molecular formula is C16H20FNO4. The van der Waals surface area contributed by atoms with Gasteiger partial charge < -0.3 is 15.2 Å². The summed E-state index contributed by atoms with van der Waals surface area (Å²) in [6, 6.07) is 5.08. The standard InChI is InChI=1S/C16H20FNO4/c1-16(8-2-3-9-16)15(21)18-10-13(14(19)20)22-12-6-4-11(17)5-7-12/h4-7,13H,2-3,8-10H2,1H3,(H,18,21)(H,19,20). The van der Waals surface area contributed by atoms with Gasteiger partial charge in [-0.25, -0.2) is 9.18 Å². The largest absolute Gasteiger partial charge is 0.478 e. The third-order valence-corrected chi connectivity index (χ3v) is 4.07. The van der Waals surface area contributed by atoms with Crippen LogP contribution in [-0.4, -0.2) is 29.6 Å². The molecule has 1 aromatic carbocycles. The second-order valence-corrected chi connectivity index (χ2v) is 5.88. The number of rotatable bonds is 6. The van der Waals surface area contributed by atoms with Gasteiger partial charge in [0.1, 0.15) is 11.6 Å². The number of benzene rings is 1. The van der Waals surface area contributed by atoms with Crippen LogP contribution in [0.3, 0.4) is 0 Å². The highest BCUT2D eigenvalue weighted by Gasteiger charge is 2.36. The van der Waals surface area contributed by atoms with Gasteiger partial charge in [-0.15, -0.1) is 0 Å². The molecule has 1 saturated carbocycles. The van der Waals surface area contributed by atoms with E-state index < -0.39 is 23.3 Å². The van der Waals surface area contributed by atoms with E-state index in [4.69, 9.17) is 4.74 Å². The Bertz CT molecular complexity index is 538. The van der Waals surface area contributed by atoms with Crippen LogP contribution < -0.4 is 10.1 Å². The molecule has 120 valence electrons. The molecule has 1 amide bonds. The quantitative estimate of drug-likeness (QED) is 0.846. The Morgan fingerprint density at radius 3 is 2.45 bits per heavy atom. The number of hydrogen-bond acceptors (Lipinski definition) is 3. The molecule has 2 rings (SSSR count). The fourth-order valence-corrected chi connectivity index (χ4v) is 2.64. The summed E-state index contributed by atoms with van der Waals surface area (Å²) in [6.45, 7) is 1.77. The average Bonchev–Trinajstić information content (AvgIpc) is 2.93. The van der Waals surface area contributed by atoms with Crippen LogP contribution >= 0.6 is 0 Å². The predicted molar refractivity (Wildman–Crippen MR) is 78.0 cm³/mol. The maximum atomic E-state index is 12.8. The van der Waals surface area contributed by atoms with Gasteiger partial charge in [0.2, 0.25) is 12.0 Å². The average molecular weight is 309 g/mol. The number of nitrogens with one attached hydrogen (secondary N) is 1. The molecule has 2 N–H and O–H groups in total. The molecule has 1 fully saturated rings. The molecule has 1 aliphatic carbocycles. The number of ether oxygens (including phenoxy) is 1. The molecule has 0 aliphatic heterocycles. The highest BCUT2D eigenvalue weighted by molar-refractivity contribution is 5.83. The number of hydrogen-bond donors (Lipinski definition) is 2. The molecule has 0 heterocycles. The van der Waals surface area contributed by atoms with E-state index in [2.05, 4.69) is 5.32 Å². The number of carbonyl (C=O) groups excluding carboxylic acids is 1. The van der Waals surface area contributed by atoms with Crippen molar-refractivity contribution in [2.24, 2.45) is 5.41 Å². The van der Waals surface area contributed by atoms with Crippen LogP contribution in [0.25, 0.3) is 0 Å². The lowest BCUT2D eigenvalue weighted by molar-refractivity contribution is -0.145. The topological polar surface area (TPSA) is 75.6 Å². The molecule has 6 heteroatoms. The van der Waals surface area contributed by atoms with Crippen molar-refractivity contribution in [3.63, 3.8) is 0 Å². The fourth-order valence-electron chi connectivity index (χ4n) is 2.64. The van der Waals surface area contributed by atoms with Crippen molar-refractivity contribution in [3.8, 4) is 5.75 Å². The van der Waals surface area contributed by atoms with Gasteiger partial charge in [-0.2, -0.15) is 0 Å². The van der Waals surface area contributed by atoms with Crippen LogP contribution in [0, 0.1) is 11.2 Å². The first-order chi connectivity index (χ1) is 10.4. The molecule has 1 aromatic rings. The van der Waals surface area contributed by atoms with Gasteiger partial charge >= 0.3 is 5.97 Å². The van der Waals surface area contributed by atoms with E-state index >= 15 is 0 Å². The van der Waals surface area contributed by atoms with Crippen LogP contribution in [-0.2, 0) is 9.59 Å². The Hall–Kier alpha value is -2.11. The van der Waals surface area contributed by atoms with Crippen LogP contribution in [0.2, 0.25) is 0 Å². The third kappa shape index (κ3) is 3.96. The minimum absolute atomic E-state index is 0.124. The number of carboxylic acid groups (broad SMARTS) is 1. The molecule has 0 spiro atoms. The second-order valence-electron chi connectivity index (χ2n) is 5.88. The van der Waals surface area contributed by atoms with Crippen LogP contribution in [0.1, 0.15) is 32.6 Å². The highest BCUT2D eigenvalue weighted by atomic mass is 19.1. The summed E-state index contributed by atoms with van der Waals surface area (Å²) in [5.41, 5.74) is -0.418. The number of aliphatic carboxylic acids is 1. The van der Waals surface area contributed by atoms with E-state index in [0.29, 0.717) is 0 Å². The Morgan fingerprint density at radius 1 is 1.32 bits per heavy atom. The van der Waals surface area contributed by atoms with E-state index in [1.807, 2.05) is 6.92 Å². The summed E-state index contributed by atoms with van der Waals surface area (Å²) in [4.78, 5) is 23.4. The Kier molecular flexibility index (Phi) is 5.00. The van der Waals surface area contributed by atoms with E-state index in [1.54, 1.807) is 0 Å². The summed E-state index contributed by atoms with van der Waals surface area (Å²) < 4.78 is 18.1. The lowest BCUT2D eigenvalue weighted by atomic mass is 9.88. The van der Waals surface area contributed by atoms with Crippen molar-refractivity contribution >= 4 is 11.9 Å². The van der Waals surface area contributed by atoms with E-state index in [-0.39, 0.29) is 18.2 Å². The number of amides is 1.